The maximum atomic E-state index is 12.1. The molecule has 0 unspecified atom stereocenters. The number of ether oxygens (including phenoxy) is 1. The molecule has 0 bridgehead atoms. The molecule has 2 saturated heterocycles. The zero-order valence-electron chi connectivity index (χ0n) is 11.4. The summed E-state index contributed by atoms with van der Waals surface area (Å²) in [6.45, 7) is 8.37. The van der Waals surface area contributed by atoms with Crippen molar-refractivity contribution >= 4 is 5.91 Å². The van der Waals surface area contributed by atoms with Crippen molar-refractivity contribution in [1.82, 2.24) is 9.80 Å². The molecule has 0 aromatic rings. The first-order chi connectivity index (χ1) is 8.63. The summed E-state index contributed by atoms with van der Waals surface area (Å²) in [5, 5.41) is 0. The van der Waals surface area contributed by atoms with E-state index in [1.807, 2.05) is 4.90 Å². The third-order valence-electron chi connectivity index (χ3n) is 4.28. The number of likely N-dealkylation sites (tertiary alicyclic amines) is 1. The summed E-state index contributed by atoms with van der Waals surface area (Å²) in [5.74, 6) is 0.245. The predicted molar refractivity (Wildman–Crippen MR) is 70.2 cm³/mol. The number of carbonyl (C=O) groups excluding carboxylic acids is 1. The summed E-state index contributed by atoms with van der Waals surface area (Å²) in [5.41, 5.74) is 6.07. The largest absolute Gasteiger partial charge is 0.378 e. The summed E-state index contributed by atoms with van der Waals surface area (Å²) < 4.78 is 5.26. The lowest BCUT2D eigenvalue weighted by atomic mass is 9.80. The Morgan fingerprint density at radius 2 is 1.83 bits per heavy atom. The van der Waals surface area contributed by atoms with Gasteiger partial charge in [0, 0.05) is 13.1 Å². The van der Waals surface area contributed by atoms with Gasteiger partial charge in [0.2, 0.25) is 5.91 Å². The van der Waals surface area contributed by atoms with Crippen LogP contribution in [0.1, 0.15) is 19.8 Å². The van der Waals surface area contributed by atoms with Crippen LogP contribution in [0.15, 0.2) is 0 Å². The number of amides is 1. The molecule has 2 fully saturated rings. The lowest BCUT2D eigenvalue weighted by Gasteiger charge is -2.39. The van der Waals surface area contributed by atoms with E-state index in [1.54, 1.807) is 0 Å². The highest BCUT2D eigenvalue weighted by Crippen LogP contribution is 2.29. The van der Waals surface area contributed by atoms with Crippen LogP contribution in [0.25, 0.3) is 0 Å². The van der Waals surface area contributed by atoms with Crippen molar-refractivity contribution in [2.45, 2.75) is 19.8 Å². The van der Waals surface area contributed by atoms with Crippen LogP contribution in [0.4, 0.5) is 0 Å². The summed E-state index contributed by atoms with van der Waals surface area (Å²) >= 11 is 0. The third-order valence-corrected chi connectivity index (χ3v) is 4.28. The first-order valence-corrected chi connectivity index (χ1v) is 6.91. The molecule has 0 radical (unpaired) electrons. The Labute approximate surface area is 109 Å². The molecule has 104 valence electrons. The summed E-state index contributed by atoms with van der Waals surface area (Å²) in [6, 6.07) is 0. The highest BCUT2D eigenvalue weighted by Gasteiger charge is 2.30. The van der Waals surface area contributed by atoms with Crippen LogP contribution in [-0.4, -0.2) is 68.2 Å². The monoisotopic (exact) mass is 255 g/mol. The Morgan fingerprint density at radius 1 is 1.22 bits per heavy atom. The van der Waals surface area contributed by atoms with Gasteiger partial charge >= 0.3 is 0 Å². The first kappa shape index (κ1) is 13.8. The molecule has 0 atom stereocenters. The molecule has 2 N–H and O–H groups in total. The van der Waals surface area contributed by atoms with Crippen molar-refractivity contribution in [3.63, 3.8) is 0 Å². The second-order valence-electron chi connectivity index (χ2n) is 5.78. The van der Waals surface area contributed by atoms with E-state index in [0.717, 1.165) is 45.6 Å². The minimum atomic E-state index is 0.245. The number of piperidine rings is 1. The minimum absolute atomic E-state index is 0.245. The van der Waals surface area contributed by atoms with Gasteiger partial charge in [-0.05, 0) is 37.9 Å². The van der Waals surface area contributed by atoms with Gasteiger partial charge in [0.05, 0.1) is 19.8 Å². The van der Waals surface area contributed by atoms with E-state index in [-0.39, 0.29) is 11.3 Å². The average Bonchev–Trinajstić information content (AvgIpc) is 2.42. The third kappa shape index (κ3) is 3.43. The Balaban J connectivity index is 1.75. The van der Waals surface area contributed by atoms with Gasteiger partial charge < -0.3 is 15.4 Å². The molecule has 0 spiro atoms. The molecular weight excluding hydrogens is 230 g/mol. The first-order valence-electron chi connectivity index (χ1n) is 6.91. The number of morpholine rings is 1. The van der Waals surface area contributed by atoms with Crippen LogP contribution in [0.5, 0.6) is 0 Å². The van der Waals surface area contributed by atoms with Gasteiger partial charge in [-0.3, -0.25) is 9.69 Å². The maximum absolute atomic E-state index is 12.1. The van der Waals surface area contributed by atoms with Crippen LogP contribution in [0.2, 0.25) is 0 Å². The minimum Gasteiger partial charge on any atom is -0.378 e. The summed E-state index contributed by atoms with van der Waals surface area (Å²) in [7, 11) is 0. The Hall–Kier alpha value is -0.650. The molecule has 0 aliphatic carbocycles. The van der Waals surface area contributed by atoms with Gasteiger partial charge in [-0.25, -0.2) is 0 Å². The van der Waals surface area contributed by atoms with Crippen LogP contribution < -0.4 is 5.73 Å². The Bertz CT molecular complexity index is 282. The fraction of sp³-hybridized carbons (Fsp3) is 0.923. The Morgan fingerprint density at radius 3 is 2.39 bits per heavy atom. The fourth-order valence-electron chi connectivity index (χ4n) is 2.56. The van der Waals surface area contributed by atoms with Crippen LogP contribution in [-0.2, 0) is 9.53 Å². The Kier molecular flexibility index (Phi) is 4.59. The molecule has 1 amide bonds. The topological polar surface area (TPSA) is 58.8 Å². The number of rotatable bonds is 3. The number of nitrogens with zero attached hydrogens (tertiary/aromatic N) is 2. The van der Waals surface area contributed by atoms with E-state index in [9.17, 15) is 4.79 Å². The molecule has 5 nitrogen and oxygen atoms in total. The van der Waals surface area contributed by atoms with Crippen molar-refractivity contribution in [3.8, 4) is 0 Å². The van der Waals surface area contributed by atoms with E-state index < -0.39 is 0 Å². The maximum Gasteiger partial charge on any atom is 0.236 e. The van der Waals surface area contributed by atoms with Crippen LogP contribution in [0.3, 0.4) is 0 Å². The molecule has 0 aromatic heterocycles. The molecule has 2 aliphatic heterocycles. The normalized spacial score (nSPS) is 25.1. The quantitative estimate of drug-likeness (QED) is 0.765. The number of carbonyl (C=O) groups is 1. The van der Waals surface area contributed by atoms with Gasteiger partial charge in [0.15, 0.2) is 0 Å². The van der Waals surface area contributed by atoms with E-state index in [2.05, 4.69) is 11.8 Å². The molecule has 0 aromatic carbocycles. The van der Waals surface area contributed by atoms with E-state index in [4.69, 9.17) is 10.5 Å². The van der Waals surface area contributed by atoms with Crippen molar-refractivity contribution in [1.29, 1.82) is 0 Å². The molecule has 5 heteroatoms. The highest BCUT2D eigenvalue weighted by molar-refractivity contribution is 5.78. The van der Waals surface area contributed by atoms with E-state index in [1.165, 1.54) is 0 Å². The predicted octanol–water partition coefficient (Wildman–Crippen LogP) is -0.0940. The molecular formula is C13H25N3O2. The molecule has 0 saturated carbocycles. The second kappa shape index (κ2) is 5.99. The standard InChI is InChI=1S/C13H25N3O2/c1-13(11-14)2-4-15(5-3-13)10-12(17)16-6-8-18-9-7-16/h2-11,14H2,1H3. The summed E-state index contributed by atoms with van der Waals surface area (Å²) in [4.78, 5) is 16.3. The number of hydrogen-bond acceptors (Lipinski definition) is 4. The highest BCUT2D eigenvalue weighted by atomic mass is 16.5. The van der Waals surface area contributed by atoms with Crippen molar-refractivity contribution < 1.29 is 9.53 Å². The van der Waals surface area contributed by atoms with E-state index >= 15 is 0 Å². The lowest BCUT2D eigenvalue weighted by molar-refractivity contribution is -0.137. The van der Waals surface area contributed by atoms with Crippen molar-refractivity contribution in [3.05, 3.63) is 0 Å². The zero-order chi connectivity index (χ0) is 13.0. The van der Waals surface area contributed by atoms with Crippen LogP contribution in [0, 0.1) is 5.41 Å². The SMILES string of the molecule is CC1(CN)CCN(CC(=O)N2CCOCC2)CC1. The van der Waals surface area contributed by atoms with Crippen molar-refractivity contribution in [2.75, 3.05) is 52.5 Å². The number of hydrogen-bond donors (Lipinski definition) is 1. The lowest BCUT2D eigenvalue weighted by Crippen LogP contribution is -2.49. The van der Waals surface area contributed by atoms with Gasteiger partial charge in [0.1, 0.15) is 0 Å². The average molecular weight is 255 g/mol. The fourth-order valence-corrected chi connectivity index (χ4v) is 2.56. The molecule has 2 aliphatic rings. The van der Waals surface area contributed by atoms with Gasteiger partial charge in [0.25, 0.3) is 0 Å². The van der Waals surface area contributed by atoms with Gasteiger partial charge in [-0.15, -0.1) is 0 Å². The molecule has 2 heterocycles. The van der Waals surface area contributed by atoms with Gasteiger partial charge in [-0.1, -0.05) is 6.92 Å². The summed E-state index contributed by atoms with van der Waals surface area (Å²) in [6.07, 6.45) is 2.19. The zero-order valence-corrected chi connectivity index (χ0v) is 11.4. The second-order valence-corrected chi connectivity index (χ2v) is 5.78. The van der Waals surface area contributed by atoms with Crippen LogP contribution >= 0.6 is 0 Å². The van der Waals surface area contributed by atoms with Crippen molar-refractivity contribution in [2.24, 2.45) is 11.1 Å². The smallest absolute Gasteiger partial charge is 0.236 e. The molecule has 18 heavy (non-hydrogen) atoms. The molecule has 2 rings (SSSR count). The number of nitrogens with two attached hydrogens (primary N) is 1. The van der Waals surface area contributed by atoms with Gasteiger partial charge in [-0.2, -0.15) is 0 Å². The van der Waals surface area contributed by atoms with E-state index in [0.29, 0.717) is 19.8 Å².